The molecule has 0 bridgehead atoms. The van der Waals surface area contributed by atoms with Gasteiger partial charge >= 0.3 is 0 Å². The van der Waals surface area contributed by atoms with Crippen LogP contribution in [0.15, 0.2) is 52.4 Å². The third kappa shape index (κ3) is 3.32. The fraction of sp³-hybridized carbons (Fsp3) is 0.263. The van der Waals surface area contributed by atoms with Crippen molar-refractivity contribution in [1.29, 1.82) is 0 Å². The maximum atomic E-state index is 13.1. The lowest BCUT2D eigenvalue weighted by molar-refractivity contribution is 0.659. The number of aryl methyl sites for hydroxylation is 2. The zero-order valence-electron chi connectivity index (χ0n) is 14.1. The van der Waals surface area contributed by atoms with Gasteiger partial charge in [-0.05, 0) is 31.9 Å². The predicted molar refractivity (Wildman–Crippen MR) is 104 cm³/mol. The van der Waals surface area contributed by atoms with E-state index in [1.807, 2.05) is 51.1 Å². The van der Waals surface area contributed by atoms with Crippen molar-refractivity contribution in [1.82, 2.24) is 9.55 Å². The molecule has 2 heterocycles. The molecule has 5 heteroatoms. The zero-order chi connectivity index (χ0) is 17.3. The van der Waals surface area contributed by atoms with Gasteiger partial charge in [0.25, 0.3) is 5.56 Å². The monoisotopic (exact) mass is 356 g/mol. The Balaban J connectivity index is 2.16. The van der Waals surface area contributed by atoms with E-state index in [1.54, 1.807) is 27.7 Å². The fourth-order valence-electron chi connectivity index (χ4n) is 2.51. The molecule has 0 unspecified atom stereocenters. The van der Waals surface area contributed by atoms with Crippen LogP contribution in [0.5, 0.6) is 0 Å². The lowest BCUT2D eigenvalue weighted by Crippen LogP contribution is -2.24. The van der Waals surface area contributed by atoms with E-state index >= 15 is 0 Å². The van der Waals surface area contributed by atoms with E-state index in [-0.39, 0.29) is 5.56 Å². The van der Waals surface area contributed by atoms with E-state index in [2.05, 4.69) is 6.58 Å². The van der Waals surface area contributed by atoms with Gasteiger partial charge in [0.15, 0.2) is 5.16 Å². The molecule has 0 aliphatic rings. The van der Waals surface area contributed by atoms with Gasteiger partial charge in [-0.25, -0.2) is 4.98 Å². The van der Waals surface area contributed by atoms with Gasteiger partial charge in [0.2, 0.25) is 0 Å². The van der Waals surface area contributed by atoms with Crippen molar-refractivity contribution in [3.8, 4) is 0 Å². The van der Waals surface area contributed by atoms with Gasteiger partial charge in [0.1, 0.15) is 4.83 Å². The van der Waals surface area contributed by atoms with E-state index in [4.69, 9.17) is 4.98 Å². The van der Waals surface area contributed by atoms with Crippen LogP contribution in [0.1, 0.15) is 22.9 Å². The summed E-state index contributed by atoms with van der Waals surface area (Å²) in [5, 5.41) is 1.52. The second-order valence-corrected chi connectivity index (χ2v) is 8.13. The Labute approximate surface area is 150 Å². The number of benzene rings is 1. The summed E-state index contributed by atoms with van der Waals surface area (Å²) in [5.41, 5.74) is 3.27. The Kier molecular flexibility index (Phi) is 4.92. The molecule has 1 aromatic carbocycles. The molecule has 0 atom stereocenters. The van der Waals surface area contributed by atoms with Crippen LogP contribution in [0.25, 0.3) is 10.2 Å². The van der Waals surface area contributed by atoms with Gasteiger partial charge in [-0.1, -0.05) is 54.2 Å². The van der Waals surface area contributed by atoms with Crippen molar-refractivity contribution in [2.24, 2.45) is 0 Å². The summed E-state index contributed by atoms with van der Waals surface area (Å²) >= 11 is 3.17. The van der Waals surface area contributed by atoms with E-state index < -0.39 is 0 Å². The van der Waals surface area contributed by atoms with Crippen molar-refractivity contribution >= 4 is 33.3 Å². The Morgan fingerprint density at radius 2 is 2.00 bits per heavy atom. The predicted octanol–water partition coefficient (Wildman–Crippen LogP) is 4.79. The molecule has 2 aromatic heterocycles. The average Bonchev–Trinajstić information content (AvgIpc) is 2.84. The molecule has 0 amide bonds. The quantitative estimate of drug-likeness (QED) is 0.374. The van der Waals surface area contributed by atoms with Crippen LogP contribution in [0, 0.1) is 13.8 Å². The highest BCUT2D eigenvalue weighted by atomic mass is 32.2. The van der Waals surface area contributed by atoms with Crippen molar-refractivity contribution in [2.45, 2.75) is 32.5 Å². The number of hydrogen-bond acceptors (Lipinski definition) is 4. The normalized spacial score (nSPS) is 11.1. The molecule has 0 spiro atoms. The van der Waals surface area contributed by atoms with Crippen LogP contribution in [-0.4, -0.2) is 15.3 Å². The number of thiophene rings is 1. The van der Waals surface area contributed by atoms with E-state index in [1.165, 1.54) is 0 Å². The molecule has 0 fully saturated rings. The van der Waals surface area contributed by atoms with Crippen molar-refractivity contribution < 1.29 is 0 Å². The SMILES string of the molecule is C=C(C)CSc1nc2sc(C)c(C)c2c(=O)n1Cc1ccccc1. The standard InChI is InChI=1S/C19H20N2OS2/c1-12(2)11-23-19-20-17-16(13(3)14(4)24-17)18(22)21(19)10-15-8-6-5-7-9-15/h5-9H,1,10-11H2,2-4H3. The zero-order valence-corrected chi connectivity index (χ0v) is 15.8. The molecule has 0 aliphatic carbocycles. The maximum absolute atomic E-state index is 13.1. The first-order chi connectivity index (χ1) is 11.5. The maximum Gasteiger partial charge on any atom is 0.263 e. The van der Waals surface area contributed by atoms with E-state index in [0.29, 0.717) is 6.54 Å². The molecular weight excluding hydrogens is 336 g/mol. The van der Waals surface area contributed by atoms with Gasteiger partial charge in [-0.2, -0.15) is 0 Å². The highest BCUT2D eigenvalue weighted by molar-refractivity contribution is 7.99. The summed E-state index contributed by atoms with van der Waals surface area (Å²) in [5.74, 6) is 0.760. The second kappa shape index (κ2) is 6.95. The largest absolute Gasteiger partial charge is 0.283 e. The Hall–Kier alpha value is -1.85. The van der Waals surface area contributed by atoms with Crippen LogP contribution in [0.3, 0.4) is 0 Å². The topological polar surface area (TPSA) is 34.9 Å². The number of hydrogen-bond donors (Lipinski definition) is 0. The Bertz CT molecular complexity index is 955. The lowest BCUT2D eigenvalue weighted by Gasteiger charge is -2.12. The average molecular weight is 357 g/mol. The molecular formula is C19H20N2OS2. The molecule has 24 heavy (non-hydrogen) atoms. The van der Waals surface area contributed by atoms with Gasteiger partial charge < -0.3 is 0 Å². The summed E-state index contributed by atoms with van der Waals surface area (Å²) in [6.07, 6.45) is 0. The van der Waals surface area contributed by atoms with E-state index in [0.717, 1.165) is 42.7 Å². The first-order valence-corrected chi connectivity index (χ1v) is 9.59. The van der Waals surface area contributed by atoms with Gasteiger partial charge in [-0.3, -0.25) is 9.36 Å². The van der Waals surface area contributed by atoms with Crippen molar-refractivity contribution in [2.75, 3.05) is 5.75 Å². The number of rotatable bonds is 5. The van der Waals surface area contributed by atoms with Gasteiger partial charge in [0, 0.05) is 10.6 Å². The van der Waals surface area contributed by atoms with Crippen LogP contribution < -0.4 is 5.56 Å². The molecule has 3 nitrogen and oxygen atoms in total. The third-order valence-corrected chi connectivity index (χ3v) is 6.19. The Morgan fingerprint density at radius 3 is 2.67 bits per heavy atom. The minimum atomic E-state index is 0.0509. The van der Waals surface area contributed by atoms with Crippen molar-refractivity contribution in [3.63, 3.8) is 0 Å². The summed E-state index contributed by atoms with van der Waals surface area (Å²) in [4.78, 5) is 19.9. The number of nitrogens with zero attached hydrogens (tertiary/aromatic N) is 2. The molecule has 0 saturated heterocycles. The lowest BCUT2D eigenvalue weighted by atomic mass is 10.2. The molecule has 3 aromatic rings. The third-order valence-electron chi connectivity index (χ3n) is 3.89. The van der Waals surface area contributed by atoms with Gasteiger partial charge in [0.05, 0.1) is 11.9 Å². The van der Waals surface area contributed by atoms with Gasteiger partial charge in [-0.15, -0.1) is 11.3 Å². The molecule has 0 radical (unpaired) electrons. The molecule has 0 saturated carbocycles. The van der Waals surface area contributed by atoms with Crippen LogP contribution in [-0.2, 0) is 6.54 Å². The minimum Gasteiger partial charge on any atom is -0.283 e. The molecule has 0 N–H and O–H groups in total. The summed E-state index contributed by atoms with van der Waals surface area (Å²) in [7, 11) is 0. The van der Waals surface area contributed by atoms with Crippen LogP contribution in [0.4, 0.5) is 0 Å². The second-order valence-electron chi connectivity index (χ2n) is 5.98. The van der Waals surface area contributed by atoms with Crippen molar-refractivity contribution in [3.05, 3.63) is 68.8 Å². The summed E-state index contributed by atoms with van der Waals surface area (Å²) in [6.45, 7) is 10.5. The smallest absolute Gasteiger partial charge is 0.263 e. The summed E-state index contributed by atoms with van der Waals surface area (Å²) in [6, 6.07) is 10.0. The Morgan fingerprint density at radius 1 is 1.29 bits per heavy atom. The first kappa shape index (κ1) is 17.0. The minimum absolute atomic E-state index is 0.0509. The number of thioether (sulfide) groups is 1. The van der Waals surface area contributed by atoms with Crippen LogP contribution >= 0.6 is 23.1 Å². The molecule has 124 valence electrons. The molecule has 0 aliphatic heterocycles. The first-order valence-electron chi connectivity index (χ1n) is 7.79. The van der Waals surface area contributed by atoms with Crippen LogP contribution in [0.2, 0.25) is 0 Å². The fourth-order valence-corrected chi connectivity index (χ4v) is 4.42. The molecule has 3 rings (SSSR count). The summed E-state index contributed by atoms with van der Waals surface area (Å²) < 4.78 is 1.80. The number of aromatic nitrogens is 2. The highest BCUT2D eigenvalue weighted by Crippen LogP contribution is 2.29. The number of fused-ring (bicyclic) bond motifs is 1. The van der Waals surface area contributed by atoms with E-state index in [9.17, 15) is 4.79 Å². The highest BCUT2D eigenvalue weighted by Gasteiger charge is 2.17.